The van der Waals surface area contributed by atoms with Crippen LogP contribution in [0.2, 0.25) is 0 Å². The Bertz CT molecular complexity index is 487. The van der Waals surface area contributed by atoms with Gasteiger partial charge < -0.3 is 5.73 Å². The van der Waals surface area contributed by atoms with Crippen LogP contribution in [0.1, 0.15) is 16.1 Å². The number of aromatic nitrogens is 3. The Morgan fingerprint density at radius 2 is 1.79 bits per heavy atom. The SMILES string of the molecule is NC(=O)c1ccc(C(F)(F)F)cn1.c1cncnc1. The summed E-state index contributed by atoms with van der Waals surface area (Å²) in [5, 5.41) is 0. The minimum atomic E-state index is -4.44. The van der Waals surface area contributed by atoms with Gasteiger partial charge in [0.15, 0.2) is 0 Å². The average molecular weight is 270 g/mol. The normalized spacial score (nSPS) is 10.3. The molecule has 0 aromatic carbocycles. The quantitative estimate of drug-likeness (QED) is 0.854. The van der Waals surface area contributed by atoms with E-state index in [0.717, 1.165) is 12.1 Å². The zero-order chi connectivity index (χ0) is 14.3. The lowest BCUT2D eigenvalue weighted by molar-refractivity contribution is -0.137. The van der Waals surface area contributed by atoms with Crippen molar-refractivity contribution in [2.24, 2.45) is 5.73 Å². The summed E-state index contributed by atoms with van der Waals surface area (Å²) in [5.74, 6) is -0.853. The van der Waals surface area contributed by atoms with E-state index in [1.165, 1.54) is 6.33 Å². The maximum absolute atomic E-state index is 12.0. The van der Waals surface area contributed by atoms with E-state index in [-0.39, 0.29) is 5.69 Å². The Balaban J connectivity index is 0.000000250. The number of primary amides is 1. The van der Waals surface area contributed by atoms with Crippen LogP contribution < -0.4 is 5.73 Å². The van der Waals surface area contributed by atoms with Gasteiger partial charge in [0.05, 0.1) is 5.56 Å². The van der Waals surface area contributed by atoms with Crippen LogP contribution in [0.25, 0.3) is 0 Å². The number of rotatable bonds is 1. The first-order chi connectivity index (χ1) is 8.91. The smallest absolute Gasteiger partial charge is 0.364 e. The van der Waals surface area contributed by atoms with Crippen LogP contribution >= 0.6 is 0 Å². The lowest BCUT2D eigenvalue weighted by atomic mass is 10.2. The highest BCUT2D eigenvalue weighted by Crippen LogP contribution is 2.28. The third-order valence-corrected chi connectivity index (χ3v) is 1.82. The van der Waals surface area contributed by atoms with Crippen LogP contribution in [0.4, 0.5) is 13.2 Å². The molecule has 2 N–H and O–H groups in total. The minimum Gasteiger partial charge on any atom is -0.364 e. The molecule has 5 nitrogen and oxygen atoms in total. The molecule has 1 amide bonds. The second kappa shape index (κ2) is 6.43. The second-order valence-corrected chi connectivity index (χ2v) is 3.20. The summed E-state index contributed by atoms with van der Waals surface area (Å²) in [6, 6.07) is 3.47. The van der Waals surface area contributed by atoms with Crippen molar-refractivity contribution in [1.82, 2.24) is 15.0 Å². The first kappa shape index (κ1) is 14.6. The standard InChI is InChI=1S/C7H5F3N2O.C4H4N2/c8-7(9,10)4-1-2-5(6(11)13)12-3-4;1-2-5-4-6-3-1/h1-3H,(H2,11,13);1-4H. The highest BCUT2D eigenvalue weighted by Gasteiger charge is 2.30. The van der Waals surface area contributed by atoms with E-state index in [1.807, 2.05) is 0 Å². The summed E-state index contributed by atoms with van der Waals surface area (Å²) in [7, 11) is 0. The molecule has 19 heavy (non-hydrogen) atoms. The van der Waals surface area contributed by atoms with Crippen LogP contribution in [-0.4, -0.2) is 20.9 Å². The highest BCUT2D eigenvalue weighted by atomic mass is 19.4. The Hall–Kier alpha value is -2.51. The fourth-order valence-corrected chi connectivity index (χ4v) is 0.961. The molecule has 2 aromatic heterocycles. The van der Waals surface area contributed by atoms with Crippen LogP contribution in [-0.2, 0) is 6.18 Å². The largest absolute Gasteiger partial charge is 0.417 e. The summed E-state index contributed by atoms with van der Waals surface area (Å²) in [6.45, 7) is 0. The number of hydrogen-bond acceptors (Lipinski definition) is 4. The zero-order valence-corrected chi connectivity index (χ0v) is 9.50. The van der Waals surface area contributed by atoms with E-state index in [0.29, 0.717) is 6.20 Å². The molecule has 0 saturated heterocycles. The number of nitrogens with two attached hydrogens (primary N) is 1. The molecule has 0 aliphatic heterocycles. The van der Waals surface area contributed by atoms with Crippen molar-refractivity contribution in [1.29, 1.82) is 0 Å². The van der Waals surface area contributed by atoms with Crippen molar-refractivity contribution >= 4 is 5.91 Å². The third-order valence-electron chi connectivity index (χ3n) is 1.82. The van der Waals surface area contributed by atoms with Gasteiger partial charge in [0, 0.05) is 18.6 Å². The number of nitrogens with zero attached hydrogens (tertiary/aromatic N) is 3. The van der Waals surface area contributed by atoms with Crippen LogP contribution in [0, 0.1) is 0 Å². The lowest BCUT2D eigenvalue weighted by Gasteiger charge is -2.05. The Labute approximate surface area is 106 Å². The van der Waals surface area contributed by atoms with E-state index >= 15 is 0 Å². The highest BCUT2D eigenvalue weighted by molar-refractivity contribution is 5.90. The number of carbonyl (C=O) groups excluding carboxylic acids is 1. The maximum Gasteiger partial charge on any atom is 0.417 e. The van der Waals surface area contributed by atoms with Gasteiger partial charge in [-0.1, -0.05) is 0 Å². The van der Waals surface area contributed by atoms with E-state index in [2.05, 4.69) is 15.0 Å². The molecule has 0 aliphatic rings. The van der Waals surface area contributed by atoms with Gasteiger partial charge in [0.1, 0.15) is 12.0 Å². The van der Waals surface area contributed by atoms with Gasteiger partial charge in [0.2, 0.25) is 0 Å². The molecular formula is C11H9F3N4O. The Morgan fingerprint density at radius 1 is 1.16 bits per heavy atom. The molecule has 0 unspecified atom stereocenters. The van der Waals surface area contributed by atoms with Gasteiger partial charge in [0.25, 0.3) is 5.91 Å². The molecule has 0 spiro atoms. The third kappa shape index (κ3) is 5.11. The number of amides is 1. The summed E-state index contributed by atoms with van der Waals surface area (Å²) < 4.78 is 35.9. The van der Waals surface area contributed by atoms with Crippen molar-refractivity contribution in [2.75, 3.05) is 0 Å². The van der Waals surface area contributed by atoms with E-state index in [1.54, 1.807) is 18.5 Å². The summed E-state index contributed by atoms with van der Waals surface area (Å²) in [5.41, 5.74) is 3.70. The van der Waals surface area contributed by atoms with Crippen molar-refractivity contribution in [3.05, 3.63) is 54.4 Å². The van der Waals surface area contributed by atoms with E-state index < -0.39 is 17.6 Å². The molecule has 0 aliphatic carbocycles. The summed E-state index contributed by atoms with van der Waals surface area (Å²) >= 11 is 0. The molecule has 2 heterocycles. The van der Waals surface area contributed by atoms with Gasteiger partial charge in [-0.15, -0.1) is 0 Å². The number of hydrogen-bond donors (Lipinski definition) is 1. The predicted molar refractivity (Wildman–Crippen MR) is 59.8 cm³/mol. The molecule has 2 rings (SSSR count). The average Bonchev–Trinajstić information content (AvgIpc) is 2.40. The Morgan fingerprint density at radius 3 is 2.05 bits per heavy atom. The lowest BCUT2D eigenvalue weighted by Crippen LogP contribution is -2.14. The van der Waals surface area contributed by atoms with E-state index in [9.17, 15) is 18.0 Å². The molecule has 100 valence electrons. The van der Waals surface area contributed by atoms with Crippen LogP contribution in [0.5, 0.6) is 0 Å². The van der Waals surface area contributed by atoms with Crippen molar-refractivity contribution in [2.45, 2.75) is 6.18 Å². The predicted octanol–water partition coefficient (Wildman–Crippen LogP) is 1.68. The number of pyridine rings is 1. The summed E-state index contributed by atoms with van der Waals surface area (Å²) in [4.78, 5) is 21.0. The molecule has 0 atom stereocenters. The number of alkyl halides is 3. The van der Waals surface area contributed by atoms with Crippen molar-refractivity contribution in [3.8, 4) is 0 Å². The first-order valence-corrected chi connectivity index (χ1v) is 4.94. The molecule has 8 heteroatoms. The second-order valence-electron chi connectivity index (χ2n) is 3.20. The van der Waals surface area contributed by atoms with Gasteiger partial charge in [-0.25, -0.2) is 9.97 Å². The van der Waals surface area contributed by atoms with Gasteiger partial charge in [-0.2, -0.15) is 13.2 Å². The van der Waals surface area contributed by atoms with Gasteiger partial charge in [-0.3, -0.25) is 9.78 Å². The fourth-order valence-electron chi connectivity index (χ4n) is 0.961. The Kier molecular flexibility index (Phi) is 4.92. The van der Waals surface area contributed by atoms with Crippen LogP contribution in [0.15, 0.2) is 43.1 Å². The maximum atomic E-state index is 12.0. The monoisotopic (exact) mass is 270 g/mol. The molecular weight excluding hydrogens is 261 g/mol. The number of carbonyl (C=O) groups is 1. The summed E-state index contributed by atoms with van der Waals surface area (Å²) in [6.07, 6.45) is 1.00. The van der Waals surface area contributed by atoms with Gasteiger partial charge in [-0.05, 0) is 18.2 Å². The molecule has 0 radical (unpaired) electrons. The molecule has 2 aromatic rings. The zero-order valence-electron chi connectivity index (χ0n) is 9.50. The van der Waals surface area contributed by atoms with Crippen LogP contribution in [0.3, 0.4) is 0 Å². The fraction of sp³-hybridized carbons (Fsp3) is 0.0909. The van der Waals surface area contributed by atoms with Crippen molar-refractivity contribution < 1.29 is 18.0 Å². The van der Waals surface area contributed by atoms with Crippen molar-refractivity contribution in [3.63, 3.8) is 0 Å². The molecule has 0 bridgehead atoms. The minimum absolute atomic E-state index is 0.187. The molecule has 0 fully saturated rings. The number of halogens is 3. The topological polar surface area (TPSA) is 81.8 Å². The van der Waals surface area contributed by atoms with Gasteiger partial charge >= 0.3 is 6.18 Å². The van der Waals surface area contributed by atoms with E-state index in [4.69, 9.17) is 5.73 Å². The molecule has 0 saturated carbocycles. The first-order valence-electron chi connectivity index (χ1n) is 4.94.